The second kappa shape index (κ2) is 13.1. The van der Waals surface area contributed by atoms with Crippen LogP contribution in [0.3, 0.4) is 0 Å². The number of fused-ring (bicyclic) bond motifs is 1. The zero-order valence-electron chi connectivity index (χ0n) is 24.2. The zero-order valence-corrected chi connectivity index (χ0v) is 24.2. The molecule has 2 heterocycles. The molecule has 3 aromatic carbocycles. The molecule has 11 nitrogen and oxygen atoms in total. The number of nitro groups is 1. The fourth-order valence-electron chi connectivity index (χ4n) is 5.93. The van der Waals surface area contributed by atoms with Gasteiger partial charge in [-0.1, -0.05) is 43.7 Å². The average Bonchev–Trinajstić information content (AvgIpc) is 3.64. The second-order valence-electron chi connectivity index (χ2n) is 10.8. The summed E-state index contributed by atoms with van der Waals surface area (Å²) in [5, 5.41) is 21.6. The molecular formula is C32H35N3O8. The molecule has 0 radical (unpaired) electrons. The Morgan fingerprint density at radius 1 is 1.05 bits per heavy atom. The second-order valence-corrected chi connectivity index (χ2v) is 10.8. The van der Waals surface area contributed by atoms with E-state index in [0.29, 0.717) is 36.9 Å². The molecule has 3 atom stereocenters. The van der Waals surface area contributed by atoms with Crippen molar-refractivity contribution in [3.8, 4) is 17.2 Å². The van der Waals surface area contributed by atoms with Gasteiger partial charge >= 0.3 is 5.97 Å². The molecule has 43 heavy (non-hydrogen) atoms. The highest BCUT2D eigenvalue weighted by molar-refractivity contribution is 5.79. The van der Waals surface area contributed by atoms with Crippen molar-refractivity contribution in [2.75, 3.05) is 33.5 Å². The maximum Gasteiger partial charge on any atom is 0.309 e. The van der Waals surface area contributed by atoms with Crippen molar-refractivity contribution in [2.45, 2.75) is 38.3 Å². The number of likely N-dealkylation sites (tertiary alicyclic amines) is 1. The lowest BCUT2D eigenvalue weighted by Gasteiger charge is -2.30. The average molecular weight is 590 g/mol. The Hall–Kier alpha value is -4.64. The molecule has 0 aromatic heterocycles. The van der Waals surface area contributed by atoms with E-state index in [0.717, 1.165) is 29.5 Å². The van der Waals surface area contributed by atoms with Crippen LogP contribution in [-0.4, -0.2) is 65.2 Å². The summed E-state index contributed by atoms with van der Waals surface area (Å²) < 4.78 is 16.4. The highest BCUT2D eigenvalue weighted by atomic mass is 16.7. The highest BCUT2D eigenvalue weighted by Crippen LogP contribution is 2.47. The van der Waals surface area contributed by atoms with E-state index in [2.05, 4.69) is 0 Å². The predicted octanol–water partition coefficient (Wildman–Crippen LogP) is 5.00. The Morgan fingerprint density at radius 3 is 2.40 bits per heavy atom. The van der Waals surface area contributed by atoms with Gasteiger partial charge in [-0.15, -0.1) is 0 Å². The quantitative estimate of drug-likeness (QED) is 0.229. The lowest BCUT2D eigenvalue weighted by molar-refractivity contribution is -0.384. The molecule has 1 N–H and O–H groups in total. The van der Waals surface area contributed by atoms with E-state index in [4.69, 9.17) is 14.2 Å². The van der Waals surface area contributed by atoms with Crippen LogP contribution in [0.5, 0.6) is 17.2 Å². The Kier molecular flexibility index (Phi) is 9.10. The van der Waals surface area contributed by atoms with Crippen molar-refractivity contribution in [2.24, 2.45) is 5.92 Å². The number of nitro benzene ring substituents is 1. The SMILES string of the molecule is CCCCN(Cc1ccc([N+](=O)[O-])cc1)C(=O)CN1CC(c2ccc3c(c2)OCO3)C(C(=O)O)C1c1ccc(OC)cc1. The number of non-ortho nitro benzene ring substituents is 1. The zero-order chi connectivity index (χ0) is 30.5. The summed E-state index contributed by atoms with van der Waals surface area (Å²) in [7, 11) is 1.57. The van der Waals surface area contributed by atoms with E-state index < -0.39 is 28.8 Å². The first-order valence-electron chi connectivity index (χ1n) is 14.3. The molecule has 2 aliphatic heterocycles. The third kappa shape index (κ3) is 6.56. The molecule has 3 unspecified atom stereocenters. The van der Waals surface area contributed by atoms with Crippen molar-refractivity contribution in [1.29, 1.82) is 0 Å². The number of amides is 1. The topological polar surface area (TPSA) is 132 Å². The van der Waals surface area contributed by atoms with Gasteiger partial charge in [0, 0.05) is 43.7 Å². The van der Waals surface area contributed by atoms with Crippen LogP contribution in [0.1, 0.15) is 48.4 Å². The summed E-state index contributed by atoms with van der Waals surface area (Å²) in [6.45, 7) is 3.33. The van der Waals surface area contributed by atoms with Crippen molar-refractivity contribution in [1.82, 2.24) is 9.80 Å². The van der Waals surface area contributed by atoms with Crippen molar-refractivity contribution < 1.29 is 33.8 Å². The number of carboxylic acids is 1. The number of ether oxygens (including phenoxy) is 3. The van der Waals surface area contributed by atoms with Crippen molar-refractivity contribution >= 4 is 17.6 Å². The van der Waals surface area contributed by atoms with Crippen LogP contribution in [-0.2, 0) is 16.1 Å². The van der Waals surface area contributed by atoms with Crippen LogP contribution < -0.4 is 14.2 Å². The van der Waals surface area contributed by atoms with E-state index in [-0.39, 0.29) is 24.9 Å². The van der Waals surface area contributed by atoms with Crippen LogP contribution >= 0.6 is 0 Å². The van der Waals surface area contributed by atoms with Crippen LogP contribution in [0, 0.1) is 16.0 Å². The number of carbonyl (C=O) groups excluding carboxylic acids is 1. The Bertz CT molecular complexity index is 1460. The van der Waals surface area contributed by atoms with Gasteiger partial charge in [0.1, 0.15) is 5.75 Å². The largest absolute Gasteiger partial charge is 0.497 e. The van der Waals surface area contributed by atoms with Gasteiger partial charge in [0.15, 0.2) is 11.5 Å². The molecule has 0 spiro atoms. The molecule has 11 heteroatoms. The molecule has 3 aromatic rings. The van der Waals surface area contributed by atoms with Crippen LogP contribution in [0.15, 0.2) is 66.7 Å². The number of hydrogen-bond donors (Lipinski definition) is 1. The van der Waals surface area contributed by atoms with Gasteiger partial charge in [-0.2, -0.15) is 0 Å². The number of unbranched alkanes of at least 4 members (excludes halogenated alkanes) is 1. The smallest absolute Gasteiger partial charge is 0.309 e. The van der Waals surface area contributed by atoms with E-state index in [9.17, 15) is 24.8 Å². The molecule has 0 saturated carbocycles. The minimum atomic E-state index is -0.952. The third-order valence-corrected chi connectivity index (χ3v) is 8.16. The van der Waals surface area contributed by atoms with Gasteiger partial charge in [0.25, 0.3) is 5.69 Å². The number of benzene rings is 3. The van der Waals surface area contributed by atoms with E-state index in [1.807, 2.05) is 36.1 Å². The maximum absolute atomic E-state index is 13.9. The van der Waals surface area contributed by atoms with Gasteiger partial charge in [0.05, 0.1) is 24.5 Å². The monoisotopic (exact) mass is 589 g/mol. The number of carboxylic acid groups (broad SMARTS) is 1. The normalized spacial score (nSPS) is 19.3. The molecule has 0 bridgehead atoms. The molecular weight excluding hydrogens is 554 g/mol. The lowest BCUT2D eigenvalue weighted by Crippen LogP contribution is -2.41. The van der Waals surface area contributed by atoms with E-state index >= 15 is 0 Å². The number of methoxy groups -OCH3 is 1. The highest BCUT2D eigenvalue weighted by Gasteiger charge is 2.48. The van der Waals surface area contributed by atoms with Crippen LogP contribution in [0.25, 0.3) is 0 Å². The molecule has 1 amide bonds. The summed E-state index contributed by atoms with van der Waals surface area (Å²) >= 11 is 0. The first-order valence-corrected chi connectivity index (χ1v) is 14.3. The van der Waals surface area contributed by atoms with Gasteiger partial charge in [0.2, 0.25) is 12.7 Å². The number of aliphatic carboxylic acids is 1. The minimum Gasteiger partial charge on any atom is -0.497 e. The number of hydrogen-bond acceptors (Lipinski definition) is 8. The molecule has 5 rings (SSSR count). The first kappa shape index (κ1) is 29.8. The van der Waals surface area contributed by atoms with Gasteiger partial charge in [-0.25, -0.2) is 0 Å². The molecule has 1 fully saturated rings. The van der Waals surface area contributed by atoms with Crippen LogP contribution in [0.4, 0.5) is 5.69 Å². The number of rotatable bonds is 12. The predicted molar refractivity (Wildman–Crippen MR) is 157 cm³/mol. The van der Waals surface area contributed by atoms with Crippen LogP contribution in [0.2, 0.25) is 0 Å². The molecule has 2 aliphatic rings. The minimum absolute atomic E-state index is 0.0103. The fraction of sp³-hybridized carbons (Fsp3) is 0.375. The Morgan fingerprint density at radius 2 is 1.74 bits per heavy atom. The Balaban J connectivity index is 1.45. The van der Waals surface area contributed by atoms with Crippen molar-refractivity contribution in [3.05, 3.63) is 93.5 Å². The third-order valence-electron chi connectivity index (χ3n) is 8.16. The summed E-state index contributed by atoms with van der Waals surface area (Å²) in [6.07, 6.45) is 1.67. The Labute approximate surface area is 249 Å². The first-order chi connectivity index (χ1) is 20.8. The standard InChI is InChI=1S/C32H35N3O8/c1-3-4-15-33(17-21-5-10-24(11-6-21)35(39)40)29(36)19-34-18-26(23-9-14-27-28(16-23)43-20-42-27)30(32(37)38)31(34)22-7-12-25(41-2)13-8-22/h5-14,16,26,30-31H,3-4,15,17-20H2,1-2H3,(H,37,38). The van der Waals surface area contributed by atoms with E-state index in [1.54, 1.807) is 42.3 Å². The molecule has 1 saturated heterocycles. The van der Waals surface area contributed by atoms with Gasteiger partial charge in [-0.3, -0.25) is 24.6 Å². The fourth-order valence-corrected chi connectivity index (χ4v) is 5.93. The summed E-state index contributed by atoms with van der Waals surface area (Å²) in [4.78, 5) is 41.1. The van der Waals surface area contributed by atoms with Gasteiger partial charge < -0.3 is 24.2 Å². The molecule has 0 aliphatic carbocycles. The number of carbonyl (C=O) groups is 2. The number of nitrogens with zero attached hydrogens (tertiary/aromatic N) is 3. The van der Waals surface area contributed by atoms with Crippen molar-refractivity contribution in [3.63, 3.8) is 0 Å². The van der Waals surface area contributed by atoms with Gasteiger partial charge in [-0.05, 0) is 47.4 Å². The lowest BCUT2D eigenvalue weighted by atomic mass is 9.82. The molecule has 226 valence electrons. The summed E-state index contributed by atoms with van der Waals surface area (Å²) in [5.74, 6) is -0.493. The maximum atomic E-state index is 13.9. The van der Waals surface area contributed by atoms with E-state index in [1.165, 1.54) is 12.1 Å². The summed E-state index contributed by atoms with van der Waals surface area (Å²) in [5.41, 5.74) is 2.35. The summed E-state index contributed by atoms with van der Waals surface area (Å²) in [6, 6.07) is 18.4.